The lowest BCUT2D eigenvalue weighted by Crippen LogP contribution is -2.56. The highest BCUT2D eigenvalue weighted by molar-refractivity contribution is 6.05. The second-order valence-corrected chi connectivity index (χ2v) is 8.76. The summed E-state index contributed by atoms with van der Waals surface area (Å²) in [7, 11) is 0. The van der Waals surface area contributed by atoms with Crippen LogP contribution in [0.3, 0.4) is 0 Å². The van der Waals surface area contributed by atoms with E-state index in [1.165, 1.54) is 5.56 Å². The summed E-state index contributed by atoms with van der Waals surface area (Å²) in [4.78, 5) is 19.8. The van der Waals surface area contributed by atoms with Crippen molar-refractivity contribution >= 4 is 17.4 Å². The summed E-state index contributed by atoms with van der Waals surface area (Å²) >= 11 is 0. The van der Waals surface area contributed by atoms with Crippen LogP contribution >= 0.6 is 0 Å². The summed E-state index contributed by atoms with van der Waals surface area (Å²) in [6.07, 6.45) is 0.804. The Morgan fingerprint density at radius 2 is 2.07 bits per heavy atom. The van der Waals surface area contributed by atoms with Crippen molar-refractivity contribution in [2.75, 3.05) is 18.4 Å². The van der Waals surface area contributed by atoms with E-state index in [9.17, 15) is 4.79 Å². The van der Waals surface area contributed by atoms with Gasteiger partial charge in [0.1, 0.15) is 11.5 Å². The van der Waals surface area contributed by atoms with Gasteiger partial charge in [0.05, 0.1) is 11.1 Å². The summed E-state index contributed by atoms with van der Waals surface area (Å²) in [6.45, 7) is 10.1. The van der Waals surface area contributed by atoms with Crippen LogP contribution in [0, 0.1) is 6.92 Å². The summed E-state index contributed by atoms with van der Waals surface area (Å²) in [5, 5.41) is 14.3. The number of para-hydroxylation sites is 1. The molecule has 0 radical (unpaired) electrons. The van der Waals surface area contributed by atoms with Crippen LogP contribution < -0.4 is 10.6 Å². The lowest BCUT2D eigenvalue weighted by atomic mass is 9.95. The third-order valence-corrected chi connectivity index (χ3v) is 5.27. The fraction of sp³-hybridized carbons (Fsp3) is 0.476. The Labute approximate surface area is 165 Å². The van der Waals surface area contributed by atoms with Crippen LogP contribution in [-0.4, -0.2) is 51.0 Å². The molecule has 2 aromatic rings. The number of nitrogens with one attached hydrogen (secondary N) is 3. The van der Waals surface area contributed by atoms with E-state index in [0.717, 1.165) is 30.2 Å². The number of carbonyl (C=O) groups is 1. The van der Waals surface area contributed by atoms with Crippen LogP contribution in [0.5, 0.6) is 0 Å². The zero-order valence-electron chi connectivity index (χ0n) is 17.0. The number of rotatable bonds is 1. The van der Waals surface area contributed by atoms with E-state index in [2.05, 4.69) is 53.7 Å². The highest BCUT2D eigenvalue weighted by atomic mass is 16.2. The molecule has 1 spiro atoms. The van der Waals surface area contributed by atoms with Gasteiger partial charge in [0.25, 0.3) is 5.91 Å². The molecule has 1 aromatic heterocycles. The van der Waals surface area contributed by atoms with Crippen LogP contribution in [-0.2, 0) is 6.54 Å². The maximum Gasteiger partial charge on any atom is 0.274 e. The average Bonchev–Trinajstić information content (AvgIpc) is 3.22. The zero-order chi connectivity index (χ0) is 19.9. The first-order valence-electron chi connectivity index (χ1n) is 9.77. The van der Waals surface area contributed by atoms with Gasteiger partial charge in [-0.2, -0.15) is 5.10 Å². The van der Waals surface area contributed by atoms with Gasteiger partial charge in [0.2, 0.25) is 0 Å². The molecule has 2 aliphatic heterocycles. The van der Waals surface area contributed by atoms with E-state index in [4.69, 9.17) is 4.99 Å². The van der Waals surface area contributed by atoms with E-state index in [-0.39, 0.29) is 11.4 Å². The first kappa shape index (κ1) is 18.7. The van der Waals surface area contributed by atoms with Gasteiger partial charge < -0.3 is 10.2 Å². The van der Waals surface area contributed by atoms with E-state index in [0.29, 0.717) is 18.8 Å². The molecular weight excluding hydrogens is 352 g/mol. The summed E-state index contributed by atoms with van der Waals surface area (Å²) in [5.41, 5.74) is 3.00. The second-order valence-electron chi connectivity index (χ2n) is 8.76. The van der Waals surface area contributed by atoms with Gasteiger partial charge in [0.15, 0.2) is 0 Å². The number of hydrogen-bond donors (Lipinski definition) is 3. The lowest BCUT2D eigenvalue weighted by Gasteiger charge is -2.32. The van der Waals surface area contributed by atoms with Crippen molar-refractivity contribution in [2.45, 2.75) is 51.7 Å². The average molecular weight is 380 g/mol. The number of nitrogens with zero attached hydrogens (tertiary/aromatic N) is 3. The second kappa shape index (κ2) is 6.74. The first-order chi connectivity index (χ1) is 13.3. The van der Waals surface area contributed by atoms with Gasteiger partial charge in [-0.25, -0.2) is 0 Å². The van der Waals surface area contributed by atoms with Gasteiger partial charge in [-0.3, -0.25) is 20.2 Å². The van der Waals surface area contributed by atoms with Gasteiger partial charge in [-0.15, -0.1) is 0 Å². The van der Waals surface area contributed by atoms with Crippen molar-refractivity contribution < 1.29 is 4.79 Å². The predicted molar refractivity (Wildman–Crippen MR) is 111 cm³/mol. The number of fused-ring (bicyclic) bond motifs is 1. The highest BCUT2D eigenvalue weighted by Gasteiger charge is 2.46. The molecule has 4 rings (SSSR count). The normalized spacial score (nSPS) is 23.6. The number of benzene rings is 1. The molecule has 7 heteroatoms. The van der Waals surface area contributed by atoms with Gasteiger partial charge in [-0.1, -0.05) is 18.2 Å². The Morgan fingerprint density at radius 3 is 2.79 bits per heavy atom. The molecule has 3 heterocycles. The minimum Gasteiger partial charge on any atom is -0.342 e. The lowest BCUT2D eigenvalue weighted by molar-refractivity contribution is 0.0780. The summed E-state index contributed by atoms with van der Waals surface area (Å²) < 4.78 is 0. The summed E-state index contributed by atoms with van der Waals surface area (Å²) in [5.74, 6) is 0.860. The van der Waals surface area contributed by atoms with Crippen molar-refractivity contribution in [1.82, 2.24) is 20.4 Å². The van der Waals surface area contributed by atoms with Crippen molar-refractivity contribution in [3.8, 4) is 0 Å². The molecule has 7 nitrogen and oxygen atoms in total. The molecule has 0 bridgehead atoms. The maximum atomic E-state index is 12.9. The largest absolute Gasteiger partial charge is 0.342 e. The van der Waals surface area contributed by atoms with Crippen molar-refractivity contribution in [2.24, 2.45) is 4.99 Å². The summed E-state index contributed by atoms with van der Waals surface area (Å²) in [6, 6.07) is 10.1. The molecule has 0 aliphatic carbocycles. The number of H-pyrrole nitrogens is 1. The van der Waals surface area contributed by atoms with Gasteiger partial charge in [-0.05, 0) is 51.8 Å². The molecule has 28 heavy (non-hydrogen) atoms. The number of amidine groups is 1. The molecule has 0 saturated carbocycles. The number of amides is 1. The molecule has 1 saturated heterocycles. The molecule has 1 fully saturated rings. The molecule has 2 aliphatic rings. The third-order valence-electron chi connectivity index (χ3n) is 5.27. The minimum atomic E-state index is -0.396. The van der Waals surface area contributed by atoms with Gasteiger partial charge >= 0.3 is 0 Å². The Balaban J connectivity index is 1.66. The topological polar surface area (TPSA) is 85.4 Å². The number of hydrogen-bond acceptors (Lipinski definition) is 4. The molecule has 148 valence electrons. The van der Waals surface area contributed by atoms with Gasteiger partial charge in [0, 0.05) is 31.0 Å². The van der Waals surface area contributed by atoms with E-state index < -0.39 is 5.54 Å². The number of aromatic nitrogens is 2. The van der Waals surface area contributed by atoms with Crippen LogP contribution in [0.1, 0.15) is 48.9 Å². The quantitative estimate of drug-likeness (QED) is 0.710. The number of likely N-dealkylation sites (tertiary alicyclic amines) is 1. The van der Waals surface area contributed by atoms with E-state index in [1.54, 1.807) is 6.07 Å². The third kappa shape index (κ3) is 3.54. The molecule has 1 amide bonds. The van der Waals surface area contributed by atoms with Crippen molar-refractivity contribution in [3.05, 3.63) is 47.3 Å². The van der Waals surface area contributed by atoms with Crippen LogP contribution in [0.25, 0.3) is 0 Å². The van der Waals surface area contributed by atoms with Crippen LogP contribution in [0.2, 0.25) is 0 Å². The monoisotopic (exact) mass is 380 g/mol. The number of anilines is 1. The van der Waals surface area contributed by atoms with Crippen molar-refractivity contribution in [1.29, 1.82) is 0 Å². The van der Waals surface area contributed by atoms with E-state index >= 15 is 0 Å². The van der Waals surface area contributed by atoms with Crippen molar-refractivity contribution in [3.63, 3.8) is 0 Å². The fourth-order valence-electron chi connectivity index (χ4n) is 3.87. The molecule has 1 aromatic carbocycles. The van der Waals surface area contributed by atoms with Crippen LogP contribution in [0.4, 0.5) is 5.69 Å². The predicted octanol–water partition coefficient (Wildman–Crippen LogP) is 2.72. The zero-order valence-corrected chi connectivity index (χ0v) is 17.0. The first-order valence-corrected chi connectivity index (χ1v) is 9.77. The standard InChI is InChI=1S/C21H28N6O/c1-14-11-17(26-25-14)18(28)27-10-9-21(13-27)19(24-20(2,3)4)23-16-8-6-5-7-15(16)12-22-21/h5-8,11,22H,9-10,12-13H2,1-4H3,(H,23,24)(H,25,26). The SMILES string of the molecule is Cc1cc(C(=O)N2CCC3(C2)NCc2ccccc2NC3=NC(C)(C)C)n[nH]1. The number of carbonyl (C=O) groups excluding carboxylic acids is 1. The fourth-order valence-corrected chi connectivity index (χ4v) is 3.87. The van der Waals surface area contributed by atoms with Crippen LogP contribution in [0.15, 0.2) is 35.3 Å². The Hall–Kier alpha value is -2.67. The maximum absolute atomic E-state index is 12.9. The Morgan fingerprint density at radius 1 is 1.29 bits per heavy atom. The number of aryl methyl sites for hydroxylation is 1. The smallest absolute Gasteiger partial charge is 0.274 e. The minimum absolute atomic E-state index is 0.0418. The molecular formula is C21H28N6O. The Bertz CT molecular complexity index is 925. The number of aliphatic imine (C=N–C) groups is 1. The molecule has 1 unspecified atom stereocenters. The Kier molecular flexibility index (Phi) is 4.50. The number of aromatic amines is 1. The highest BCUT2D eigenvalue weighted by Crippen LogP contribution is 2.31. The molecule has 3 N–H and O–H groups in total. The molecule has 1 atom stereocenters. The van der Waals surface area contributed by atoms with E-state index in [1.807, 2.05) is 24.0 Å².